The van der Waals surface area contributed by atoms with Crippen molar-refractivity contribution in [3.05, 3.63) is 65.9 Å². The summed E-state index contributed by atoms with van der Waals surface area (Å²) < 4.78 is 5.82. The van der Waals surface area contributed by atoms with Crippen LogP contribution in [0.15, 0.2) is 54.7 Å². The molecule has 0 fully saturated rings. The van der Waals surface area contributed by atoms with Gasteiger partial charge in [0.25, 0.3) is 0 Å². The van der Waals surface area contributed by atoms with E-state index in [1.54, 1.807) is 0 Å². The lowest BCUT2D eigenvalue weighted by atomic mass is 9.94. The first-order valence-corrected chi connectivity index (χ1v) is 9.67. The number of H-pyrrole nitrogens is 1. The molecule has 0 saturated carbocycles. The first-order valence-electron chi connectivity index (χ1n) is 9.67. The molecule has 1 unspecified atom stereocenters. The number of hydrogen-bond acceptors (Lipinski definition) is 3. The zero-order valence-electron chi connectivity index (χ0n) is 16.9. The Balaban J connectivity index is 0.00000280. The van der Waals surface area contributed by atoms with Gasteiger partial charge in [0.15, 0.2) is 0 Å². The Bertz CT molecular complexity index is 876. The van der Waals surface area contributed by atoms with E-state index in [0.29, 0.717) is 6.54 Å². The predicted octanol–water partition coefficient (Wildman–Crippen LogP) is 4.50. The average Bonchev–Trinajstić information content (AvgIpc) is 3.07. The molecule has 0 saturated heterocycles. The Morgan fingerprint density at radius 2 is 1.79 bits per heavy atom. The molecule has 0 radical (unpaired) electrons. The third kappa shape index (κ3) is 5.74. The van der Waals surface area contributed by atoms with Crippen molar-refractivity contribution in [2.45, 2.75) is 45.3 Å². The van der Waals surface area contributed by atoms with E-state index in [2.05, 4.69) is 61.5 Å². The lowest BCUT2D eigenvalue weighted by Gasteiger charge is -2.28. The van der Waals surface area contributed by atoms with Crippen molar-refractivity contribution in [3.8, 4) is 5.75 Å². The van der Waals surface area contributed by atoms with Gasteiger partial charge in [-0.25, -0.2) is 0 Å². The van der Waals surface area contributed by atoms with E-state index >= 15 is 0 Å². The first kappa shape index (κ1) is 22.3. The summed E-state index contributed by atoms with van der Waals surface area (Å²) in [6.45, 7) is 7.20. The minimum atomic E-state index is -0.558. The number of halogens is 1. The van der Waals surface area contributed by atoms with Gasteiger partial charge in [0.1, 0.15) is 18.5 Å². The molecule has 0 spiro atoms. The molecule has 5 heteroatoms. The number of hydrogen-bond donors (Lipinski definition) is 3. The minimum absolute atomic E-state index is 0. The fourth-order valence-electron chi connectivity index (χ4n) is 3.39. The molecule has 0 aliphatic carbocycles. The number of fused-ring (bicyclic) bond motifs is 1. The van der Waals surface area contributed by atoms with Crippen molar-refractivity contribution in [3.63, 3.8) is 0 Å². The molecule has 2 aromatic carbocycles. The lowest BCUT2D eigenvalue weighted by molar-refractivity contribution is 0.0984. The van der Waals surface area contributed by atoms with Gasteiger partial charge >= 0.3 is 0 Å². The molecule has 0 bridgehead atoms. The Labute approximate surface area is 173 Å². The molecule has 0 aliphatic rings. The second-order valence-corrected chi connectivity index (χ2v) is 7.73. The second-order valence-electron chi connectivity index (χ2n) is 7.73. The average molecular weight is 403 g/mol. The highest BCUT2D eigenvalue weighted by Crippen LogP contribution is 2.22. The number of benzene rings is 2. The van der Waals surface area contributed by atoms with Crippen LogP contribution in [0, 0.1) is 0 Å². The predicted molar refractivity (Wildman–Crippen MR) is 119 cm³/mol. The summed E-state index contributed by atoms with van der Waals surface area (Å²) in [5.74, 6) is 0.858. The topological polar surface area (TPSA) is 57.3 Å². The summed E-state index contributed by atoms with van der Waals surface area (Å²) in [4.78, 5) is 3.33. The summed E-state index contributed by atoms with van der Waals surface area (Å²) in [6.07, 6.45) is 3.32. The quantitative estimate of drug-likeness (QED) is 0.493. The number of aromatic nitrogens is 1. The van der Waals surface area contributed by atoms with Gasteiger partial charge in [0.05, 0.1) is 0 Å². The van der Waals surface area contributed by atoms with Crippen LogP contribution in [0.4, 0.5) is 0 Å². The van der Waals surface area contributed by atoms with Crippen molar-refractivity contribution in [1.29, 1.82) is 0 Å². The van der Waals surface area contributed by atoms with Gasteiger partial charge in [-0.3, -0.25) is 0 Å². The molecule has 3 aromatic rings. The van der Waals surface area contributed by atoms with Crippen LogP contribution in [-0.2, 0) is 12.8 Å². The number of ether oxygens (including phenoxy) is 1. The Morgan fingerprint density at radius 3 is 2.57 bits per heavy atom. The van der Waals surface area contributed by atoms with Gasteiger partial charge in [0, 0.05) is 29.2 Å². The Morgan fingerprint density at radius 1 is 1.07 bits per heavy atom. The number of aliphatic hydroxyl groups excluding tert-OH is 1. The highest BCUT2D eigenvalue weighted by Gasteiger charge is 2.21. The molecule has 3 N–H and O–H groups in total. The number of β-amino-alcohol motifs (C(OH)–C–C–N with tert-alkyl or cyclic N) is 1. The van der Waals surface area contributed by atoms with Crippen LogP contribution >= 0.6 is 12.4 Å². The third-order valence-electron chi connectivity index (χ3n) is 4.91. The van der Waals surface area contributed by atoms with Crippen molar-refractivity contribution in [1.82, 2.24) is 10.3 Å². The van der Waals surface area contributed by atoms with E-state index in [0.717, 1.165) is 29.7 Å². The molecule has 1 heterocycles. The van der Waals surface area contributed by atoms with E-state index in [1.165, 1.54) is 10.9 Å². The van der Waals surface area contributed by atoms with Gasteiger partial charge in [-0.2, -0.15) is 0 Å². The number of aryl methyl sites for hydroxylation is 1. The smallest absolute Gasteiger partial charge is 0.122 e. The Hall–Kier alpha value is -2.01. The molecule has 0 amide bonds. The molecule has 1 aromatic heterocycles. The summed E-state index contributed by atoms with van der Waals surface area (Å²) >= 11 is 0. The van der Waals surface area contributed by atoms with E-state index in [9.17, 15) is 5.11 Å². The van der Waals surface area contributed by atoms with E-state index in [-0.39, 0.29) is 24.6 Å². The summed E-state index contributed by atoms with van der Waals surface area (Å²) in [5.41, 5.74) is 3.47. The molecule has 3 rings (SSSR count). The zero-order valence-corrected chi connectivity index (χ0v) is 17.7. The monoisotopic (exact) mass is 402 g/mol. The molecular formula is C23H31ClN2O2. The van der Waals surface area contributed by atoms with E-state index in [4.69, 9.17) is 4.74 Å². The largest absolute Gasteiger partial charge is 0.491 e. The molecule has 0 aliphatic heterocycles. The number of nitrogens with one attached hydrogen (secondary N) is 2. The van der Waals surface area contributed by atoms with Gasteiger partial charge in [-0.1, -0.05) is 43.3 Å². The van der Waals surface area contributed by atoms with Gasteiger partial charge in [-0.15, -0.1) is 12.4 Å². The zero-order chi connectivity index (χ0) is 19.3. The maximum Gasteiger partial charge on any atom is 0.122 e. The summed E-state index contributed by atoms with van der Waals surface area (Å²) in [7, 11) is 0. The molecular weight excluding hydrogens is 372 g/mol. The normalized spacial score (nSPS) is 12.6. The molecule has 28 heavy (non-hydrogen) atoms. The Kier molecular flexibility index (Phi) is 7.93. The summed E-state index contributed by atoms with van der Waals surface area (Å²) in [5, 5.41) is 15.1. The number of para-hydroxylation sites is 2. The highest BCUT2D eigenvalue weighted by molar-refractivity contribution is 5.85. The van der Waals surface area contributed by atoms with Crippen LogP contribution in [0.2, 0.25) is 0 Å². The van der Waals surface area contributed by atoms with Gasteiger partial charge in [-0.05, 0) is 49.9 Å². The fraction of sp³-hybridized carbons (Fsp3) is 0.391. The maximum atomic E-state index is 10.3. The van der Waals surface area contributed by atoms with Crippen LogP contribution in [0.5, 0.6) is 5.75 Å². The third-order valence-corrected chi connectivity index (χ3v) is 4.91. The number of aromatic amines is 1. The van der Waals surface area contributed by atoms with Crippen molar-refractivity contribution in [2.24, 2.45) is 0 Å². The summed E-state index contributed by atoms with van der Waals surface area (Å²) in [6, 6.07) is 16.3. The van der Waals surface area contributed by atoms with Crippen LogP contribution in [0.1, 0.15) is 31.9 Å². The van der Waals surface area contributed by atoms with Crippen LogP contribution in [0.25, 0.3) is 10.9 Å². The number of rotatable bonds is 9. The molecule has 1 atom stereocenters. The lowest BCUT2D eigenvalue weighted by Crippen LogP contribution is -2.46. The van der Waals surface area contributed by atoms with Crippen LogP contribution in [-0.4, -0.2) is 34.9 Å². The van der Waals surface area contributed by atoms with Crippen LogP contribution in [0.3, 0.4) is 0 Å². The maximum absolute atomic E-state index is 10.3. The molecule has 152 valence electrons. The molecule has 4 nitrogen and oxygen atoms in total. The van der Waals surface area contributed by atoms with E-state index in [1.807, 2.05) is 24.3 Å². The van der Waals surface area contributed by atoms with Crippen molar-refractivity contribution >= 4 is 23.3 Å². The van der Waals surface area contributed by atoms with Crippen molar-refractivity contribution in [2.75, 3.05) is 13.2 Å². The van der Waals surface area contributed by atoms with E-state index < -0.39 is 6.10 Å². The number of aliphatic hydroxyl groups is 1. The van der Waals surface area contributed by atoms with Gasteiger partial charge in [0.2, 0.25) is 0 Å². The minimum Gasteiger partial charge on any atom is -0.491 e. The second kappa shape index (κ2) is 9.97. The SMILES string of the molecule is CCc1ccccc1OCC(O)CNC(C)(C)Cc1c[nH]c2ccccc12.Cl. The highest BCUT2D eigenvalue weighted by atomic mass is 35.5. The first-order chi connectivity index (χ1) is 13.0. The van der Waals surface area contributed by atoms with Crippen molar-refractivity contribution < 1.29 is 9.84 Å². The fourth-order valence-corrected chi connectivity index (χ4v) is 3.39. The van der Waals surface area contributed by atoms with Gasteiger partial charge < -0.3 is 20.1 Å². The van der Waals surface area contributed by atoms with Crippen LogP contribution < -0.4 is 10.1 Å². The standard InChI is InChI=1S/C23H30N2O2.ClH/c1-4-17-9-5-8-12-22(17)27-16-19(26)15-25-23(2,3)13-18-14-24-21-11-7-6-10-20(18)21;/h5-12,14,19,24-26H,4,13,15-16H2,1-3H3;1H.